The third kappa shape index (κ3) is 3.35. The van der Waals surface area contributed by atoms with E-state index in [1.807, 2.05) is 0 Å². The van der Waals surface area contributed by atoms with Gasteiger partial charge in [-0.05, 0) is 18.8 Å². The molecule has 0 saturated heterocycles. The van der Waals surface area contributed by atoms with Gasteiger partial charge in [0, 0.05) is 6.61 Å². The summed E-state index contributed by atoms with van der Waals surface area (Å²) < 4.78 is 10.1. The molecule has 0 spiro atoms. The Morgan fingerprint density at radius 1 is 1.54 bits per heavy atom. The van der Waals surface area contributed by atoms with Crippen molar-refractivity contribution < 1.29 is 14.3 Å². The zero-order valence-electron chi connectivity index (χ0n) is 8.41. The van der Waals surface area contributed by atoms with Crippen molar-refractivity contribution in [2.45, 2.75) is 26.2 Å². The Morgan fingerprint density at radius 2 is 2.31 bits per heavy atom. The fraction of sp³-hybridized carbons (Fsp3) is 0.900. The van der Waals surface area contributed by atoms with E-state index in [1.165, 1.54) is 7.11 Å². The van der Waals surface area contributed by atoms with Crippen molar-refractivity contribution in [1.29, 1.82) is 0 Å². The van der Waals surface area contributed by atoms with Gasteiger partial charge in [0.05, 0.1) is 19.6 Å². The maximum Gasteiger partial charge on any atom is 0.309 e. The molecule has 1 aliphatic carbocycles. The van der Waals surface area contributed by atoms with Gasteiger partial charge in [-0.2, -0.15) is 0 Å². The third-order valence-electron chi connectivity index (χ3n) is 2.40. The molecule has 13 heavy (non-hydrogen) atoms. The van der Waals surface area contributed by atoms with Crippen LogP contribution in [0.2, 0.25) is 0 Å². The molecular weight excluding hydrogens is 168 g/mol. The van der Waals surface area contributed by atoms with Crippen LogP contribution in [-0.2, 0) is 14.3 Å². The van der Waals surface area contributed by atoms with Crippen LogP contribution in [0, 0.1) is 11.8 Å². The molecule has 1 fully saturated rings. The summed E-state index contributed by atoms with van der Waals surface area (Å²) in [6, 6.07) is 0. The molecular formula is C10H18O3. The van der Waals surface area contributed by atoms with Gasteiger partial charge in [-0.1, -0.05) is 13.3 Å². The lowest BCUT2D eigenvalue weighted by molar-refractivity contribution is -0.142. The fourth-order valence-corrected chi connectivity index (χ4v) is 1.35. The molecule has 2 unspecified atom stereocenters. The molecule has 0 N–H and O–H groups in total. The zero-order chi connectivity index (χ0) is 9.68. The van der Waals surface area contributed by atoms with Crippen molar-refractivity contribution in [2.75, 3.05) is 20.3 Å². The molecule has 1 saturated carbocycles. The number of unbranched alkanes of at least 4 members (excludes halogenated alkanes) is 1. The lowest BCUT2D eigenvalue weighted by atomic mass is 10.3. The van der Waals surface area contributed by atoms with Gasteiger partial charge in [0.1, 0.15) is 0 Å². The first kappa shape index (κ1) is 10.5. The van der Waals surface area contributed by atoms with Crippen molar-refractivity contribution in [1.82, 2.24) is 0 Å². The van der Waals surface area contributed by atoms with Gasteiger partial charge >= 0.3 is 5.97 Å². The van der Waals surface area contributed by atoms with Crippen LogP contribution >= 0.6 is 0 Å². The molecule has 0 aromatic carbocycles. The van der Waals surface area contributed by atoms with Crippen molar-refractivity contribution >= 4 is 5.97 Å². The lowest BCUT2D eigenvalue weighted by Gasteiger charge is -2.01. The molecule has 76 valence electrons. The Hall–Kier alpha value is -0.570. The molecule has 1 aliphatic rings. The number of hydrogen-bond donors (Lipinski definition) is 0. The Morgan fingerprint density at radius 3 is 2.92 bits per heavy atom. The standard InChI is InChI=1S/C10H18O3/c1-3-4-5-13-7-8-6-9(8)10(11)12-2/h8-9H,3-7H2,1-2H3. The van der Waals surface area contributed by atoms with Crippen LogP contribution in [0.5, 0.6) is 0 Å². The van der Waals surface area contributed by atoms with Crippen LogP contribution in [0.3, 0.4) is 0 Å². The Kier molecular flexibility index (Phi) is 4.22. The van der Waals surface area contributed by atoms with Gasteiger partial charge in [-0.25, -0.2) is 0 Å². The molecule has 0 amide bonds. The van der Waals surface area contributed by atoms with Gasteiger partial charge in [-0.15, -0.1) is 0 Å². The van der Waals surface area contributed by atoms with E-state index in [1.54, 1.807) is 0 Å². The SMILES string of the molecule is CCCCOCC1CC1C(=O)OC. The summed E-state index contributed by atoms with van der Waals surface area (Å²) in [7, 11) is 1.44. The average Bonchev–Trinajstić information content (AvgIpc) is 2.91. The normalized spacial score (nSPS) is 25.7. The lowest BCUT2D eigenvalue weighted by Crippen LogP contribution is -2.07. The number of rotatable bonds is 6. The number of hydrogen-bond acceptors (Lipinski definition) is 3. The fourth-order valence-electron chi connectivity index (χ4n) is 1.35. The smallest absolute Gasteiger partial charge is 0.309 e. The van der Waals surface area contributed by atoms with Crippen LogP contribution in [0.1, 0.15) is 26.2 Å². The highest BCUT2D eigenvalue weighted by atomic mass is 16.5. The molecule has 3 heteroatoms. The molecule has 0 aromatic heterocycles. The van der Waals surface area contributed by atoms with E-state index >= 15 is 0 Å². The molecule has 0 bridgehead atoms. The van der Waals surface area contributed by atoms with E-state index in [0.717, 1.165) is 32.5 Å². The quantitative estimate of drug-likeness (QED) is 0.467. The van der Waals surface area contributed by atoms with E-state index in [4.69, 9.17) is 4.74 Å². The number of carbonyl (C=O) groups is 1. The molecule has 1 rings (SSSR count). The minimum Gasteiger partial charge on any atom is -0.469 e. The largest absolute Gasteiger partial charge is 0.469 e. The van der Waals surface area contributed by atoms with Crippen molar-refractivity contribution in [3.8, 4) is 0 Å². The zero-order valence-corrected chi connectivity index (χ0v) is 8.41. The highest BCUT2D eigenvalue weighted by Crippen LogP contribution is 2.39. The first-order chi connectivity index (χ1) is 6.29. The summed E-state index contributed by atoms with van der Waals surface area (Å²) in [4.78, 5) is 11.0. The van der Waals surface area contributed by atoms with E-state index in [2.05, 4.69) is 11.7 Å². The maximum atomic E-state index is 11.0. The van der Waals surface area contributed by atoms with Gasteiger partial charge in [0.25, 0.3) is 0 Å². The summed E-state index contributed by atoms with van der Waals surface area (Å²) in [5.74, 6) is 0.458. The van der Waals surface area contributed by atoms with Crippen molar-refractivity contribution in [3.05, 3.63) is 0 Å². The van der Waals surface area contributed by atoms with E-state index in [9.17, 15) is 4.79 Å². The second-order valence-electron chi connectivity index (χ2n) is 3.55. The predicted octanol–water partition coefficient (Wildman–Crippen LogP) is 1.61. The second kappa shape index (κ2) is 5.22. The molecule has 0 aliphatic heterocycles. The number of ether oxygens (including phenoxy) is 2. The summed E-state index contributed by atoms with van der Waals surface area (Å²) >= 11 is 0. The second-order valence-corrected chi connectivity index (χ2v) is 3.55. The van der Waals surface area contributed by atoms with Gasteiger partial charge < -0.3 is 9.47 Å². The van der Waals surface area contributed by atoms with Gasteiger partial charge in [-0.3, -0.25) is 4.79 Å². The first-order valence-corrected chi connectivity index (χ1v) is 4.95. The topological polar surface area (TPSA) is 35.5 Å². The molecule has 2 atom stereocenters. The molecule has 0 radical (unpaired) electrons. The Balaban J connectivity index is 1.98. The Labute approximate surface area is 79.4 Å². The van der Waals surface area contributed by atoms with Crippen LogP contribution in [0.4, 0.5) is 0 Å². The summed E-state index contributed by atoms with van der Waals surface area (Å²) in [5, 5.41) is 0. The molecule has 0 aromatic rings. The first-order valence-electron chi connectivity index (χ1n) is 4.95. The monoisotopic (exact) mass is 186 g/mol. The number of esters is 1. The highest BCUT2D eigenvalue weighted by molar-refractivity contribution is 5.75. The minimum absolute atomic E-state index is 0.0795. The summed E-state index contributed by atoms with van der Waals surface area (Å²) in [5.41, 5.74) is 0. The van der Waals surface area contributed by atoms with Crippen LogP contribution in [0.15, 0.2) is 0 Å². The minimum atomic E-state index is -0.0795. The maximum absolute atomic E-state index is 11.0. The van der Waals surface area contributed by atoms with E-state index < -0.39 is 0 Å². The summed E-state index contributed by atoms with van der Waals surface area (Å²) in [6.45, 7) is 3.68. The predicted molar refractivity (Wildman–Crippen MR) is 49.3 cm³/mol. The molecule has 3 nitrogen and oxygen atoms in total. The summed E-state index contributed by atoms with van der Waals surface area (Å²) in [6.07, 6.45) is 3.21. The van der Waals surface area contributed by atoms with Gasteiger partial charge in [0.2, 0.25) is 0 Å². The van der Waals surface area contributed by atoms with E-state index in [0.29, 0.717) is 5.92 Å². The van der Waals surface area contributed by atoms with Crippen LogP contribution < -0.4 is 0 Å². The highest BCUT2D eigenvalue weighted by Gasteiger charge is 2.43. The number of carbonyl (C=O) groups excluding carboxylic acids is 1. The Bertz CT molecular complexity index is 168. The van der Waals surface area contributed by atoms with Crippen LogP contribution in [0.25, 0.3) is 0 Å². The van der Waals surface area contributed by atoms with Crippen LogP contribution in [-0.4, -0.2) is 26.3 Å². The van der Waals surface area contributed by atoms with Crippen molar-refractivity contribution in [3.63, 3.8) is 0 Å². The van der Waals surface area contributed by atoms with Gasteiger partial charge in [0.15, 0.2) is 0 Å². The number of methoxy groups -OCH3 is 1. The third-order valence-corrected chi connectivity index (χ3v) is 2.40. The van der Waals surface area contributed by atoms with E-state index in [-0.39, 0.29) is 11.9 Å². The van der Waals surface area contributed by atoms with Crippen molar-refractivity contribution in [2.24, 2.45) is 11.8 Å². The molecule has 0 heterocycles. The average molecular weight is 186 g/mol.